The van der Waals surface area contributed by atoms with Crippen molar-refractivity contribution in [3.05, 3.63) is 52.8 Å². The summed E-state index contributed by atoms with van der Waals surface area (Å²) in [5, 5.41) is 0.132. The van der Waals surface area contributed by atoms with Gasteiger partial charge in [-0.2, -0.15) is 0 Å². The summed E-state index contributed by atoms with van der Waals surface area (Å²) < 4.78 is 65.4. The van der Waals surface area contributed by atoms with Crippen LogP contribution in [0.25, 0.3) is 0 Å². The zero-order chi connectivity index (χ0) is 15.8. The van der Waals surface area contributed by atoms with Crippen LogP contribution < -0.4 is 10.5 Å². The summed E-state index contributed by atoms with van der Waals surface area (Å²) in [6.45, 7) is 0. The van der Waals surface area contributed by atoms with E-state index in [4.69, 9.17) is 17.3 Å². The molecular formula is C12H8ClF3N2O2S. The van der Waals surface area contributed by atoms with Crippen molar-refractivity contribution in [2.24, 2.45) is 0 Å². The number of anilines is 2. The zero-order valence-corrected chi connectivity index (χ0v) is 11.8. The molecule has 0 saturated carbocycles. The highest BCUT2D eigenvalue weighted by Gasteiger charge is 2.20. The first kappa shape index (κ1) is 15.5. The van der Waals surface area contributed by atoms with E-state index in [1.807, 2.05) is 0 Å². The smallest absolute Gasteiger partial charge is 0.262 e. The van der Waals surface area contributed by atoms with Gasteiger partial charge >= 0.3 is 0 Å². The van der Waals surface area contributed by atoms with Crippen LogP contribution in [0, 0.1) is 17.5 Å². The number of hydrogen-bond donors (Lipinski definition) is 2. The van der Waals surface area contributed by atoms with E-state index in [1.165, 1.54) is 6.07 Å². The largest absolute Gasteiger partial charge is 0.397 e. The molecule has 0 unspecified atom stereocenters. The molecule has 0 aliphatic heterocycles. The van der Waals surface area contributed by atoms with Crippen molar-refractivity contribution in [3.63, 3.8) is 0 Å². The van der Waals surface area contributed by atoms with Crippen LogP contribution in [0.2, 0.25) is 5.02 Å². The quantitative estimate of drug-likeness (QED) is 0.846. The monoisotopic (exact) mass is 336 g/mol. The van der Waals surface area contributed by atoms with Gasteiger partial charge in [0, 0.05) is 12.1 Å². The first-order valence-electron chi connectivity index (χ1n) is 5.43. The molecule has 0 aliphatic carbocycles. The van der Waals surface area contributed by atoms with Gasteiger partial charge in [0.15, 0.2) is 11.6 Å². The predicted molar refractivity (Wildman–Crippen MR) is 73.0 cm³/mol. The average Bonchev–Trinajstić information content (AvgIpc) is 2.37. The van der Waals surface area contributed by atoms with E-state index in [9.17, 15) is 21.6 Å². The minimum absolute atomic E-state index is 0.0143. The lowest BCUT2D eigenvalue weighted by atomic mass is 10.3. The highest BCUT2D eigenvalue weighted by Crippen LogP contribution is 2.26. The molecule has 0 aliphatic rings. The SMILES string of the molecule is Nc1cc(S(=O)(=O)Nc2c(F)cc(F)cc2F)ccc1Cl. The molecule has 112 valence electrons. The highest BCUT2D eigenvalue weighted by atomic mass is 35.5. The summed E-state index contributed by atoms with van der Waals surface area (Å²) in [5.74, 6) is -3.92. The molecule has 0 radical (unpaired) electrons. The molecule has 2 aromatic carbocycles. The summed E-state index contributed by atoms with van der Waals surface area (Å²) in [6, 6.07) is 4.08. The van der Waals surface area contributed by atoms with Crippen LogP contribution in [0.5, 0.6) is 0 Å². The number of nitrogens with one attached hydrogen (secondary N) is 1. The molecule has 0 spiro atoms. The molecule has 3 N–H and O–H groups in total. The Morgan fingerprint density at radius 2 is 1.62 bits per heavy atom. The second-order valence-corrected chi connectivity index (χ2v) is 6.12. The summed E-state index contributed by atoms with van der Waals surface area (Å²) in [6.07, 6.45) is 0. The maximum Gasteiger partial charge on any atom is 0.262 e. The first-order chi connectivity index (χ1) is 9.70. The maximum atomic E-state index is 13.4. The summed E-state index contributed by atoms with van der Waals surface area (Å²) in [4.78, 5) is -0.340. The van der Waals surface area contributed by atoms with E-state index >= 15 is 0 Å². The van der Waals surface area contributed by atoms with Crippen molar-refractivity contribution in [1.82, 2.24) is 0 Å². The van der Waals surface area contributed by atoms with Crippen LogP contribution in [0.1, 0.15) is 0 Å². The number of rotatable bonds is 3. The van der Waals surface area contributed by atoms with E-state index in [0.717, 1.165) is 12.1 Å². The van der Waals surface area contributed by atoms with Crippen molar-refractivity contribution < 1.29 is 21.6 Å². The average molecular weight is 337 g/mol. The fourth-order valence-electron chi connectivity index (χ4n) is 1.52. The summed E-state index contributed by atoms with van der Waals surface area (Å²) in [7, 11) is -4.30. The molecule has 2 aromatic rings. The Labute approximate surface area is 123 Å². The molecule has 0 saturated heterocycles. The van der Waals surface area contributed by atoms with Crippen molar-refractivity contribution in [1.29, 1.82) is 0 Å². The van der Waals surface area contributed by atoms with Crippen LogP contribution >= 0.6 is 11.6 Å². The Balaban J connectivity index is 2.44. The van der Waals surface area contributed by atoms with Gasteiger partial charge in [0.25, 0.3) is 10.0 Å². The second kappa shape index (κ2) is 5.45. The Morgan fingerprint density at radius 1 is 1.05 bits per heavy atom. The van der Waals surface area contributed by atoms with Crippen LogP contribution in [0.4, 0.5) is 24.5 Å². The molecule has 9 heteroatoms. The van der Waals surface area contributed by atoms with Crippen LogP contribution in [0.15, 0.2) is 35.2 Å². The highest BCUT2D eigenvalue weighted by molar-refractivity contribution is 7.92. The van der Waals surface area contributed by atoms with Gasteiger partial charge in [-0.25, -0.2) is 21.6 Å². The van der Waals surface area contributed by atoms with Gasteiger partial charge in [-0.3, -0.25) is 4.72 Å². The fraction of sp³-hybridized carbons (Fsp3) is 0. The minimum atomic E-state index is -4.30. The van der Waals surface area contributed by atoms with Gasteiger partial charge in [-0.05, 0) is 18.2 Å². The minimum Gasteiger partial charge on any atom is -0.397 e. The lowest BCUT2D eigenvalue weighted by Crippen LogP contribution is -2.15. The molecule has 0 fully saturated rings. The van der Waals surface area contributed by atoms with Crippen molar-refractivity contribution in [2.45, 2.75) is 4.90 Å². The van der Waals surface area contributed by atoms with Crippen molar-refractivity contribution >= 4 is 33.0 Å². The van der Waals surface area contributed by atoms with E-state index < -0.39 is 33.2 Å². The number of hydrogen-bond acceptors (Lipinski definition) is 3. The lowest BCUT2D eigenvalue weighted by Gasteiger charge is -2.11. The van der Waals surface area contributed by atoms with Crippen LogP contribution in [-0.2, 0) is 10.0 Å². The molecule has 0 bridgehead atoms. The van der Waals surface area contributed by atoms with Gasteiger partial charge < -0.3 is 5.73 Å². The molecule has 0 aromatic heterocycles. The molecule has 4 nitrogen and oxygen atoms in total. The van der Waals surface area contributed by atoms with Crippen molar-refractivity contribution in [3.8, 4) is 0 Å². The number of nitrogens with two attached hydrogens (primary N) is 1. The first-order valence-corrected chi connectivity index (χ1v) is 7.29. The zero-order valence-electron chi connectivity index (χ0n) is 10.2. The molecule has 0 atom stereocenters. The summed E-state index contributed by atoms with van der Waals surface area (Å²) in [5.41, 5.74) is 4.47. The standard InChI is InChI=1S/C12H8ClF3N2O2S/c13-8-2-1-7(5-11(8)17)21(19,20)18-12-9(15)3-6(14)4-10(12)16/h1-5,18H,17H2. The van der Waals surface area contributed by atoms with Gasteiger partial charge in [0.2, 0.25) is 0 Å². The maximum absolute atomic E-state index is 13.4. The number of benzene rings is 2. The third-order valence-corrected chi connectivity index (χ3v) is 4.21. The normalized spacial score (nSPS) is 11.4. The van der Waals surface area contributed by atoms with Gasteiger partial charge in [-0.1, -0.05) is 11.6 Å². The molecular weight excluding hydrogens is 329 g/mol. The van der Waals surface area contributed by atoms with E-state index in [1.54, 1.807) is 4.72 Å². The molecule has 0 amide bonds. The van der Waals surface area contributed by atoms with Gasteiger partial charge in [0.1, 0.15) is 11.5 Å². The topological polar surface area (TPSA) is 72.2 Å². The Bertz CT molecular complexity index is 789. The van der Waals surface area contributed by atoms with Crippen molar-refractivity contribution in [2.75, 3.05) is 10.5 Å². The van der Waals surface area contributed by atoms with Gasteiger partial charge in [-0.15, -0.1) is 0 Å². The van der Waals surface area contributed by atoms with Crippen LogP contribution in [0.3, 0.4) is 0 Å². The number of halogens is 4. The molecule has 21 heavy (non-hydrogen) atoms. The van der Waals surface area contributed by atoms with E-state index in [0.29, 0.717) is 12.1 Å². The second-order valence-electron chi connectivity index (χ2n) is 4.03. The van der Waals surface area contributed by atoms with E-state index in [2.05, 4.69) is 0 Å². The predicted octanol–water partition coefficient (Wildman–Crippen LogP) is 3.14. The third kappa shape index (κ3) is 3.22. The summed E-state index contributed by atoms with van der Waals surface area (Å²) >= 11 is 5.66. The Kier molecular flexibility index (Phi) is 4.02. The fourth-order valence-corrected chi connectivity index (χ4v) is 2.75. The van der Waals surface area contributed by atoms with E-state index in [-0.39, 0.29) is 15.6 Å². The number of nitrogen functional groups attached to an aromatic ring is 1. The van der Waals surface area contributed by atoms with Crippen LogP contribution in [-0.4, -0.2) is 8.42 Å². The lowest BCUT2D eigenvalue weighted by molar-refractivity contribution is 0.547. The molecule has 0 heterocycles. The molecule has 2 rings (SSSR count). The Morgan fingerprint density at radius 3 is 2.14 bits per heavy atom. The number of sulfonamides is 1. The van der Waals surface area contributed by atoms with Gasteiger partial charge in [0.05, 0.1) is 15.6 Å². The Hall–Kier alpha value is -1.93. The third-order valence-electron chi connectivity index (χ3n) is 2.52.